The number of aromatic nitrogens is 1. The molecule has 0 saturated carbocycles. The van der Waals surface area contributed by atoms with E-state index in [-0.39, 0.29) is 0 Å². The Kier molecular flexibility index (Phi) is 4.55. The molecule has 2 aromatic rings. The van der Waals surface area contributed by atoms with Gasteiger partial charge in [0.2, 0.25) is 0 Å². The Labute approximate surface area is 116 Å². The highest BCUT2D eigenvalue weighted by Crippen LogP contribution is 2.29. The monoisotopic (exact) mass is 359 g/mol. The van der Waals surface area contributed by atoms with Crippen molar-refractivity contribution in [1.29, 1.82) is 0 Å². The number of hydrogen-bond donors (Lipinski definition) is 0. The molecule has 4 heteroatoms. The van der Waals surface area contributed by atoms with Crippen LogP contribution in [-0.2, 0) is 6.42 Å². The first-order chi connectivity index (χ1) is 7.81. The van der Waals surface area contributed by atoms with Crippen LogP contribution in [0.25, 0.3) is 0 Å². The van der Waals surface area contributed by atoms with Crippen LogP contribution in [0.15, 0.2) is 40.3 Å². The Hall–Kier alpha value is -0.190. The summed E-state index contributed by atoms with van der Waals surface area (Å²) in [5, 5.41) is 4.18. The van der Waals surface area contributed by atoms with Crippen molar-refractivity contribution in [1.82, 2.24) is 4.98 Å². The second kappa shape index (κ2) is 5.94. The van der Waals surface area contributed by atoms with Crippen molar-refractivity contribution in [2.24, 2.45) is 0 Å². The summed E-state index contributed by atoms with van der Waals surface area (Å²) in [6.07, 6.45) is 2.86. The molecule has 1 unspecified atom stereocenters. The molecule has 0 spiro atoms. The standard InChI is InChI=1S/C12H11Br2NS/c13-8-9(7-12-15-5-6-16-12)10-3-1-2-4-11(10)14/h1-6,9H,7-8H2. The van der Waals surface area contributed by atoms with Crippen LogP contribution < -0.4 is 0 Å². The van der Waals surface area contributed by atoms with Gasteiger partial charge in [-0.1, -0.05) is 50.1 Å². The minimum atomic E-state index is 0.474. The molecule has 1 aromatic heterocycles. The summed E-state index contributed by atoms with van der Waals surface area (Å²) in [5.41, 5.74) is 1.34. The van der Waals surface area contributed by atoms with E-state index >= 15 is 0 Å². The maximum absolute atomic E-state index is 4.34. The summed E-state index contributed by atoms with van der Waals surface area (Å²) < 4.78 is 1.18. The van der Waals surface area contributed by atoms with E-state index in [0.717, 1.165) is 11.8 Å². The number of nitrogens with zero attached hydrogens (tertiary/aromatic N) is 1. The highest BCUT2D eigenvalue weighted by atomic mass is 79.9. The quantitative estimate of drug-likeness (QED) is 0.724. The topological polar surface area (TPSA) is 12.9 Å². The molecule has 1 nitrogen and oxygen atoms in total. The lowest BCUT2D eigenvalue weighted by Crippen LogP contribution is -2.05. The average molecular weight is 361 g/mol. The van der Waals surface area contributed by atoms with Crippen molar-refractivity contribution in [2.45, 2.75) is 12.3 Å². The van der Waals surface area contributed by atoms with E-state index in [1.54, 1.807) is 11.3 Å². The SMILES string of the molecule is BrCC(Cc1nccs1)c1ccccc1Br. The van der Waals surface area contributed by atoms with Crippen LogP contribution in [0.1, 0.15) is 16.5 Å². The summed E-state index contributed by atoms with van der Waals surface area (Å²) in [6.45, 7) is 0. The number of hydrogen-bond acceptors (Lipinski definition) is 2. The van der Waals surface area contributed by atoms with E-state index in [4.69, 9.17) is 0 Å². The van der Waals surface area contributed by atoms with Crippen LogP contribution in [0.2, 0.25) is 0 Å². The van der Waals surface area contributed by atoms with E-state index in [2.05, 4.69) is 55.0 Å². The Morgan fingerprint density at radius 2 is 2.12 bits per heavy atom. The van der Waals surface area contributed by atoms with Gasteiger partial charge >= 0.3 is 0 Å². The summed E-state index contributed by atoms with van der Waals surface area (Å²) >= 11 is 8.91. The minimum Gasteiger partial charge on any atom is -0.250 e. The summed E-state index contributed by atoms with van der Waals surface area (Å²) in [4.78, 5) is 4.34. The third-order valence-electron chi connectivity index (χ3n) is 2.44. The zero-order valence-electron chi connectivity index (χ0n) is 8.57. The normalized spacial score (nSPS) is 12.6. The van der Waals surface area contributed by atoms with Gasteiger partial charge in [-0.15, -0.1) is 11.3 Å². The molecule has 16 heavy (non-hydrogen) atoms. The molecule has 1 aromatic carbocycles. The predicted octanol–water partition coefficient (Wildman–Crippen LogP) is 4.63. The number of halogens is 2. The molecular formula is C12H11Br2NS. The van der Waals surface area contributed by atoms with Gasteiger partial charge in [0.05, 0.1) is 5.01 Å². The predicted molar refractivity (Wildman–Crippen MR) is 76.5 cm³/mol. The molecule has 0 bridgehead atoms. The first-order valence-electron chi connectivity index (χ1n) is 5.00. The van der Waals surface area contributed by atoms with E-state index < -0.39 is 0 Å². The van der Waals surface area contributed by atoms with Crippen molar-refractivity contribution in [3.05, 3.63) is 50.9 Å². The molecule has 0 saturated heterocycles. The first kappa shape index (κ1) is 12.3. The lowest BCUT2D eigenvalue weighted by atomic mass is 9.98. The van der Waals surface area contributed by atoms with Gasteiger partial charge in [0.25, 0.3) is 0 Å². The first-order valence-corrected chi connectivity index (χ1v) is 7.79. The van der Waals surface area contributed by atoms with Crippen molar-refractivity contribution in [3.63, 3.8) is 0 Å². The van der Waals surface area contributed by atoms with Crippen LogP contribution in [0.3, 0.4) is 0 Å². The molecule has 0 fully saturated rings. The number of rotatable bonds is 4. The fourth-order valence-electron chi connectivity index (χ4n) is 1.62. The molecule has 0 aliphatic carbocycles. The lowest BCUT2D eigenvalue weighted by Gasteiger charge is -2.14. The molecule has 1 atom stereocenters. The number of alkyl halides is 1. The van der Waals surface area contributed by atoms with E-state index in [9.17, 15) is 0 Å². The van der Waals surface area contributed by atoms with Gasteiger partial charge in [-0.05, 0) is 11.6 Å². The highest BCUT2D eigenvalue weighted by Gasteiger charge is 2.14. The largest absolute Gasteiger partial charge is 0.250 e. The van der Waals surface area contributed by atoms with Gasteiger partial charge in [-0.3, -0.25) is 0 Å². The van der Waals surface area contributed by atoms with Crippen molar-refractivity contribution in [3.8, 4) is 0 Å². The average Bonchev–Trinajstić information content (AvgIpc) is 2.80. The molecule has 0 N–H and O–H groups in total. The zero-order chi connectivity index (χ0) is 11.4. The molecule has 0 amide bonds. The van der Waals surface area contributed by atoms with Gasteiger partial charge in [0.15, 0.2) is 0 Å². The second-order valence-corrected chi connectivity index (χ2v) is 5.98. The fourth-order valence-corrected chi connectivity index (χ4v) is 3.50. The van der Waals surface area contributed by atoms with E-state index in [1.165, 1.54) is 15.0 Å². The molecule has 0 aliphatic heterocycles. The fraction of sp³-hybridized carbons (Fsp3) is 0.250. The van der Waals surface area contributed by atoms with Crippen LogP contribution in [0.4, 0.5) is 0 Å². The van der Waals surface area contributed by atoms with Crippen molar-refractivity contribution < 1.29 is 0 Å². The molecule has 2 rings (SSSR count). The third kappa shape index (κ3) is 2.93. The number of benzene rings is 1. The van der Waals surface area contributed by atoms with Crippen molar-refractivity contribution >= 4 is 43.2 Å². The van der Waals surface area contributed by atoms with Gasteiger partial charge < -0.3 is 0 Å². The molecule has 0 aliphatic rings. The Bertz CT molecular complexity index is 442. The van der Waals surface area contributed by atoms with Gasteiger partial charge in [0.1, 0.15) is 0 Å². The van der Waals surface area contributed by atoms with Gasteiger partial charge in [-0.25, -0.2) is 4.98 Å². The van der Waals surface area contributed by atoms with E-state index in [1.807, 2.05) is 17.6 Å². The van der Waals surface area contributed by atoms with Gasteiger partial charge in [0, 0.05) is 33.7 Å². The Morgan fingerprint density at radius 3 is 2.75 bits per heavy atom. The Balaban J connectivity index is 2.20. The van der Waals surface area contributed by atoms with E-state index in [0.29, 0.717) is 5.92 Å². The smallest absolute Gasteiger partial charge is 0.0931 e. The second-order valence-electron chi connectivity index (χ2n) is 3.50. The molecule has 1 heterocycles. The maximum Gasteiger partial charge on any atom is 0.0931 e. The number of thiazole rings is 1. The highest BCUT2D eigenvalue weighted by molar-refractivity contribution is 9.10. The molecule has 84 valence electrons. The summed E-state index contributed by atoms with van der Waals surface area (Å²) in [5.74, 6) is 0.474. The molecule has 0 radical (unpaired) electrons. The molecular weight excluding hydrogens is 350 g/mol. The third-order valence-corrected chi connectivity index (χ3v) is 4.74. The summed E-state index contributed by atoms with van der Waals surface area (Å²) in [6, 6.07) is 8.39. The van der Waals surface area contributed by atoms with Gasteiger partial charge in [-0.2, -0.15) is 0 Å². The minimum absolute atomic E-state index is 0.474. The lowest BCUT2D eigenvalue weighted by molar-refractivity contribution is 0.766. The Morgan fingerprint density at radius 1 is 1.31 bits per heavy atom. The zero-order valence-corrected chi connectivity index (χ0v) is 12.6. The van der Waals surface area contributed by atoms with Crippen molar-refractivity contribution in [2.75, 3.05) is 5.33 Å². The van der Waals surface area contributed by atoms with Crippen LogP contribution in [0, 0.1) is 0 Å². The van der Waals surface area contributed by atoms with Crippen LogP contribution in [-0.4, -0.2) is 10.3 Å². The maximum atomic E-state index is 4.34. The van der Waals surface area contributed by atoms with Crippen LogP contribution >= 0.6 is 43.2 Å². The summed E-state index contributed by atoms with van der Waals surface area (Å²) in [7, 11) is 0. The van der Waals surface area contributed by atoms with Crippen LogP contribution in [0.5, 0.6) is 0 Å².